The van der Waals surface area contributed by atoms with Crippen LogP contribution < -0.4 is 5.32 Å². The minimum atomic E-state index is 0.421. The van der Waals surface area contributed by atoms with Crippen LogP contribution in [0.1, 0.15) is 37.8 Å². The van der Waals surface area contributed by atoms with Crippen molar-refractivity contribution < 1.29 is 5.11 Å². The van der Waals surface area contributed by atoms with E-state index in [1.54, 1.807) is 0 Å². The quantitative estimate of drug-likeness (QED) is 0.877. The standard InChI is InChI=1S/C16H26N2O/c1-11(2)18-9-7-14(8-10-18)17-15-6-5-12(3)16(19)13(15)4/h5-6,11,14,17,19H,7-10H2,1-4H3. The fourth-order valence-electron chi connectivity index (χ4n) is 2.77. The molecule has 0 saturated carbocycles. The highest BCUT2D eigenvalue weighted by atomic mass is 16.3. The first-order valence-electron chi connectivity index (χ1n) is 7.28. The summed E-state index contributed by atoms with van der Waals surface area (Å²) in [5, 5.41) is 13.6. The van der Waals surface area contributed by atoms with Gasteiger partial charge in [0.1, 0.15) is 5.75 Å². The van der Waals surface area contributed by atoms with Crippen LogP contribution in [-0.2, 0) is 0 Å². The van der Waals surface area contributed by atoms with E-state index in [2.05, 4.69) is 30.1 Å². The molecule has 0 unspecified atom stereocenters. The molecule has 1 aliphatic heterocycles. The lowest BCUT2D eigenvalue weighted by molar-refractivity contribution is 0.177. The first-order valence-corrected chi connectivity index (χ1v) is 7.28. The van der Waals surface area contributed by atoms with Gasteiger partial charge in [-0.3, -0.25) is 0 Å². The maximum atomic E-state index is 9.98. The zero-order chi connectivity index (χ0) is 14.0. The summed E-state index contributed by atoms with van der Waals surface area (Å²) in [6.45, 7) is 10.8. The molecule has 106 valence electrons. The summed E-state index contributed by atoms with van der Waals surface area (Å²) in [6, 6.07) is 5.23. The van der Waals surface area contributed by atoms with Gasteiger partial charge in [-0.1, -0.05) is 6.07 Å². The summed E-state index contributed by atoms with van der Waals surface area (Å²) in [5.74, 6) is 0.421. The predicted molar refractivity (Wildman–Crippen MR) is 80.9 cm³/mol. The lowest BCUT2D eigenvalue weighted by Crippen LogP contribution is -2.42. The number of nitrogens with one attached hydrogen (secondary N) is 1. The molecular formula is C16H26N2O. The molecule has 0 bridgehead atoms. The molecule has 3 heteroatoms. The Hall–Kier alpha value is -1.22. The number of aryl methyl sites for hydroxylation is 1. The Morgan fingerprint density at radius 3 is 2.42 bits per heavy atom. The minimum absolute atomic E-state index is 0.421. The van der Waals surface area contributed by atoms with Gasteiger partial charge >= 0.3 is 0 Å². The number of hydrogen-bond acceptors (Lipinski definition) is 3. The second kappa shape index (κ2) is 5.83. The third kappa shape index (κ3) is 3.21. The Bertz CT molecular complexity index is 435. The Kier molecular flexibility index (Phi) is 4.35. The van der Waals surface area contributed by atoms with E-state index in [1.807, 2.05) is 19.9 Å². The summed E-state index contributed by atoms with van der Waals surface area (Å²) < 4.78 is 0. The van der Waals surface area contributed by atoms with Crippen molar-refractivity contribution in [3.05, 3.63) is 23.3 Å². The Morgan fingerprint density at radius 1 is 1.21 bits per heavy atom. The zero-order valence-corrected chi connectivity index (χ0v) is 12.5. The monoisotopic (exact) mass is 262 g/mol. The molecule has 0 amide bonds. The van der Waals surface area contributed by atoms with E-state index in [9.17, 15) is 5.11 Å². The van der Waals surface area contributed by atoms with Crippen LogP contribution >= 0.6 is 0 Å². The second-order valence-electron chi connectivity index (χ2n) is 5.95. The van der Waals surface area contributed by atoms with Crippen molar-refractivity contribution in [3.8, 4) is 5.75 Å². The average Bonchev–Trinajstić information content (AvgIpc) is 2.40. The summed E-state index contributed by atoms with van der Waals surface area (Å²) in [5.41, 5.74) is 2.98. The van der Waals surface area contributed by atoms with E-state index in [4.69, 9.17) is 0 Å². The zero-order valence-electron chi connectivity index (χ0n) is 12.5. The van der Waals surface area contributed by atoms with Crippen molar-refractivity contribution in [1.82, 2.24) is 4.90 Å². The Balaban J connectivity index is 1.98. The molecule has 0 aliphatic carbocycles. The van der Waals surface area contributed by atoms with Gasteiger partial charge in [-0.2, -0.15) is 0 Å². The second-order valence-corrected chi connectivity index (χ2v) is 5.95. The number of anilines is 1. The molecule has 0 spiro atoms. The number of phenolic OH excluding ortho intramolecular Hbond substituents is 1. The summed E-state index contributed by atoms with van der Waals surface area (Å²) in [4.78, 5) is 2.53. The van der Waals surface area contributed by atoms with Gasteiger partial charge in [-0.15, -0.1) is 0 Å². The van der Waals surface area contributed by atoms with Crippen LogP contribution in [0.4, 0.5) is 5.69 Å². The van der Waals surface area contributed by atoms with Crippen LogP contribution in [0.25, 0.3) is 0 Å². The van der Waals surface area contributed by atoms with Crippen LogP contribution in [0.5, 0.6) is 5.75 Å². The van der Waals surface area contributed by atoms with Gasteiger partial charge < -0.3 is 15.3 Å². The average molecular weight is 262 g/mol. The topological polar surface area (TPSA) is 35.5 Å². The molecule has 2 N–H and O–H groups in total. The highest BCUT2D eigenvalue weighted by Crippen LogP contribution is 2.29. The smallest absolute Gasteiger partial charge is 0.123 e. The fourth-order valence-corrected chi connectivity index (χ4v) is 2.77. The van der Waals surface area contributed by atoms with Crippen LogP contribution in [0.15, 0.2) is 12.1 Å². The number of nitrogens with zero attached hydrogens (tertiary/aromatic N) is 1. The number of benzene rings is 1. The summed E-state index contributed by atoms with van der Waals surface area (Å²) in [7, 11) is 0. The maximum Gasteiger partial charge on any atom is 0.123 e. The third-order valence-electron chi connectivity index (χ3n) is 4.25. The van der Waals surface area contributed by atoms with Gasteiger partial charge in [-0.25, -0.2) is 0 Å². The van der Waals surface area contributed by atoms with Crippen molar-refractivity contribution in [2.24, 2.45) is 0 Å². The highest BCUT2D eigenvalue weighted by molar-refractivity contribution is 5.59. The third-order valence-corrected chi connectivity index (χ3v) is 4.25. The van der Waals surface area contributed by atoms with Gasteiger partial charge in [0, 0.05) is 36.4 Å². The van der Waals surface area contributed by atoms with Crippen LogP contribution in [0.3, 0.4) is 0 Å². The number of phenols is 1. The molecule has 19 heavy (non-hydrogen) atoms. The van der Waals surface area contributed by atoms with E-state index in [-0.39, 0.29) is 0 Å². The molecule has 1 aromatic rings. The van der Waals surface area contributed by atoms with Crippen LogP contribution in [-0.4, -0.2) is 35.2 Å². The molecule has 1 saturated heterocycles. The van der Waals surface area contributed by atoms with Gasteiger partial charge in [0.05, 0.1) is 0 Å². The molecule has 1 aliphatic rings. The molecule has 1 aromatic carbocycles. The van der Waals surface area contributed by atoms with E-state index < -0.39 is 0 Å². The number of aromatic hydroxyl groups is 1. The van der Waals surface area contributed by atoms with E-state index in [1.165, 1.54) is 12.8 Å². The summed E-state index contributed by atoms with van der Waals surface area (Å²) >= 11 is 0. The van der Waals surface area contributed by atoms with Gasteiger partial charge in [0.15, 0.2) is 0 Å². The molecule has 1 heterocycles. The minimum Gasteiger partial charge on any atom is -0.507 e. The van der Waals surface area contributed by atoms with Crippen molar-refractivity contribution in [2.75, 3.05) is 18.4 Å². The Labute approximate surface area is 116 Å². The highest BCUT2D eigenvalue weighted by Gasteiger charge is 2.21. The van der Waals surface area contributed by atoms with Crippen molar-refractivity contribution in [3.63, 3.8) is 0 Å². The lowest BCUT2D eigenvalue weighted by atomic mass is 10.0. The number of hydrogen-bond donors (Lipinski definition) is 2. The molecule has 1 fully saturated rings. The largest absolute Gasteiger partial charge is 0.507 e. The molecular weight excluding hydrogens is 236 g/mol. The van der Waals surface area contributed by atoms with Crippen LogP contribution in [0.2, 0.25) is 0 Å². The number of rotatable bonds is 3. The SMILES string of the molecule is Cc1ccc(NC2CCN(C(C)C)CC2)c(C)c1O. The van der Waals surface area contributed by atoms with Crippen molar-refractivity contribution in [1.29, 1.82) is 0 Å². The molecule has 0 radical (unpaired) electrons. The Morgan fingerprint density at radius 2 is 1.84 bits per heavy atom. The first kappa shape index (κ1) is 14.2. The van der Waals surface area contributed by atoms with E-state index in [0.29, 0.717) is 17.8 Å². The lowest BCUT2D eigenvalue weighted by Gasteiger charge is -2.35. The van der Waals surface area contributed by atoms with E-state index in [0.717, 1.165) is 29.9 Å². The van der Waals surface area contributed by atoms with Crippen molar-refractivity contribution in [2.45, 2.75) is 52.6 Å². The van der Waals surface area contributed by atoms with E-state index >= 15 is 0 Å². The van der Waals surface area contributed by atoms with Crippen molar-refractivity contribution >= 4 is 5.69 Å². The van der Waals surface area contributed by atoms with Gasteiger partial charge in [-0.05, 0) is 52.2 Å². The first-order chi connectivity index (χ1) is 8.99. The molecule has 3 nitrogen and oxygen atoms in total. The fraction of sp³-hybridized carbons (Fsp3) is 0.625. The molecule has 0 atom stereocenters. The van der Waals surface area contributed by atoms with Gasteiger partial charge in [0.2, 0.25) is 0 Å². The summed E-state index contributed by atoms with van der Waals surface area (Å²) in [6.07, 6.45) is 2.35. The molecule has 0 aromatic heterocycles. The maximum absolute atomic E-state index is 9.98. The molecule has 2 rings (SSSR count). The van der Waals surface area contributed by atoms with Crippen LogP contribution in [0, 0.1) is 13.8 Å². The number of likely N-dealkylation sites (tertiary alicyclic amines) is 1. The predicted octanol–water partition coefficient (Wildman–Crippen LogP) is 3.29. The number of piperidine rings is 1. The van der Waals surface area contributed by atoms with Gasteiger partial charge in [0.25, 0.3) is 0 Å². The normalized spacial score (nSPS) is 17.9.